The molecule has 25 heavy (non-hydrogen) atoms. The van der Waals surface area contributed by atoms with Gasteiger partial charge >= 0.3 is 6.03 Å². The van der Waals surface area contributed by atoms with Gasteiger partial charge in [0.15, 0.2) is 9.84 Å². The van der Waals surface area contributed by atoms with Crippen LogP contribution >= 0.6 is 0 Å². The predicted octanol–water partition coefficient (Wildman–Crippen LogP) is 1.70. The van der Waals surface area contributed by atoms with Crippen molar-refractivity contribution in [2.24, 2.45) is 0 Å². The van der Waals surface area contributed by atoms with E-state index in [-0.39, 0.29) is 42.0 Å². The Hall–Kier alpha value is -1.67. The molecule has 0 saturated carbocycles. The van der Waals surface area contributed by atoms with Crippen molar-refractivity contribution in [2.45, 2.75) is 38.0 Å². The van der Waals surface area contributed by atoms with E-state index in [1.807, 2.05) is 0 Å². The van der Waals surface area contributed by atoms with Crippen LogP contribution in [0.25, 0.3) is 0 Å². The molecule has 0 aromatic heterocycles. The number of rotatable bonds is 5. The molecule has 2 saturated heterocycles. The molecule has 6 nitrogen and oxygen atoms in total. The number of benzene rings is 1. The van der Waals surface area contributed by atoms with Crippen molar-refractivity contribution >= 4 is 15.9 Å². The molecule has 1 aromatic rings. The van der Waals surface area contributed by atoms with Crippen LogP contribution in [-0.2, 0) is 21.1 Å². The zero-order chi connectivity index (χ0) is 17.9. The number of carbonyl (C=O) groups is 1. The SMILES string of the molecule is O=C(NC1CCS(=O)(=O)C1)N(Cc1cccc(F)c1)CC1CCCO1. The molecule has 0 radical (unpaired) electrons. The lowest BCUT2D eigenvalue weighted by Gasteiger charge is -2.27. The predicted molar refractivity (Wildman–Crippen MR) is 91.4 cm³/mol. The number of sulfone groups is 1. The van der Waals surface area contributed by atoms with Crippen LogP contribution in [0.2, 0.25) is 0 Å². The van der Waals surface area contributed by atoms with Gasteiger partial charge in [0.05, 0.1) is 17.6 Å². The largest absolute Gasteiger partial charge is 0.376 e. The lowest BCUT2D eigenvalue weighted by molar-refractivity contribution is 0.0790. The van der Waals surface area contributed by atoms with Crippen molar-refractivity contribution in [1.29, 1.82) is 0 Å². The van der Waals surface area contributed by atoms with Crippen LogP contribution in [0.3, 0.4) is 0 Å². The van der Waals surface area contributed by atoms with Crippen LogP contribution < -0.4 is 5.32 Å². The molecule has 138 valence electrons. The second-order valence-corrected chi connectivity index (χ2v) is 8.92. The van der Waals surface area contributed by atoms with Crippen LogP contribution in [-0.4, -0.2) is 56.2 Å². The van der Waals surface area contributed by atoms with Gasteiger partial charge in [0.2, 0.25) is 0 Å². The number of ether oxygens (including phenoxy) is 1. The lowest BCUT2D eigenvalue weighted by atomic mass is 10.2. The summed E-state index contributed by atoms with van der Waals surface area (Å²) in [6.07, 6.45) is 2.24. The number of nitrogens with zero attached hydrogens (tertiary/aromatic N) is 1. The summed E-state index contributed by atoms with van der Waals surface area (Å²) in [4.78, 5) is 14.2. The van der Waals surface area contributed by atoms with E-state index in [2.05, 4.69) is 5.32 Å². The Morgan fingerprint density at radius 3 is 2.84 bits per heavy atom. The van der Waals surface area contributed by atoms with Gasteiger partial charge in [-0.15, -0.1) is 0 Å². The minimum Gasteiger partial charge on any atom is -0.376 e. The monoisotopic (exact) mass is 370 g/mol. The van der Waals surface area contributed by atoms with Gasteiger partial charge in [-0.25, -0.2) is 17.6 Å². The number of urea groups is 1. The Kier molecular flexibility index (Phi) is 5.58. The average Bonchev–Trinajstić information content (AvgIpc) is 3.16. The third-order valence-electron chi connectivity index (χ3n) is 4.56. The van der Waals surface area contributed by atoms with E-state index in [1.165, 1.54) is 12.1 Å². The summed E-state index contributed by atoms with van der Waals surface area (Å²) in [6.45, 7) is 1.34. The molecule has 2 aliphatic rings. The van der Waals surface area contributed by atoms with Crippen LogP contribution in [0.15, 0.2) is 24.3 Å². The highest BCUT2D eigenvalue weighted by Crippen LogP contribution is 2.17. The number of carbonyl (C=O) groups excluding carboxylic acids is 1. The fraction of sp³-hybridized carbons (Fsp3) is 0.588. The van der Waals surface area contributed by atoms with Crippen molar-refractivity contribution in [3.63, 3.8) is 0 Å². The molecule has 3 rings (SSSR count). The van der Waals surface area contributed by atoms with E-state index in [1.54, 1.807) is 17.0 Å². The summed E-state index contributed by atoms with van der Waals surface area (Å²) in [5.41, 5.74) is 0.687. The molecule has 2 amide bonds. The summed E-state index contributed by atoms with van der Waals surface area (Å²) in [6, 6.07) is 5.43. The van der Waals surface area contributed by atoms with Crippen molar-refractivity contribution in [3.8, 4) is 0 Å². The van der Waals surface area contributed by atoms with Gasteiger partial charge in [-0.1, -0.05) is 12.1 Å². The number of hydrogen-bond donors (Lipinski definition) is 1. The third-order valence-corrected chi connectivity index (χ3v) is 6.33. The van der Waals surface area contributed by atoms with Crippen LogP contribution in [0.4, 0.5) is 9.18 Å². The topological polar surface area (TPSA) is 75.7 Å². The van der Waals surface area contributed by atoms with Crippen LogP contribution in [0.5, 0.6) is 0 Å². The molecule has 1 N–H and O–H groups in total. The maximum Gasteiger partial charge on any atom is 0.318 e. The standard InChI is InChI=1S/C17H23FN2O4S/c18-14-4-1-3-13(9-14)10-20(11-16-5-2-7-24-16)17(21)19-15-6-8-25(22,23)12-15/h1,3-4,9,15-16H,2,5-8,10-12H2,(H,19,21). The minimum atomic E-state index is -3.06. The summed E-state index contributed by atoms with van der Waals surface area (Å²) in [7, 11) is -3.06. The maximum atomic E-state index is 13.4. The number of amides is 2. The zero-order valence-electron chi connectivity index (χ0n) is 14.0. The summed E-state index contributed by atoms with van der Waals surface area (Å²) < 4.78 is 42.2. The molecule has 1 aromatic carbocycles. The molecular formula is C17H23FN2O4S. The van der Waals surface area contributed by atoms with Crippen molar-refractivity contribution in [3.05, 3.63) is 35.6 Å². The van der Waals surface area contributed by atoms with E-state index in [0.717, 1.165) is 12.8 Å². The summed E-state index contributed by atoms with van der Waals surface area (Å²) >= 11 is 0. The quantitative estimate of drug-likeness (QED) is 0.856. The highest BCUT2D eigenvalue weighted by atomic mass is 32.2. The fourth-order valence-electron chi connectivity index (χ4n) is 3.28. The molecule has 2 unspecified atom stereocenters. The molecular weight excluding hydrogens is 347 g/mol. The first-order chi connectivity index (χ1) is 11.9. The Morgan fingerprint density at radius 2 is 2.20 bits per heavy atom. The zero-order valence-corrected chi connectivity index (χ0v) is 14.8. The first kappa shape index (κ1) is 18.1. The third kappa shape index (κ3) is 5.15. The Labute approximate surface area is 147 Å². The van der Waals surface area contributed by atoms with E-state index in [0.29, 0.717) is 25.1 Å². The van der Waals surface area contributed by atoms with Crippen molar-refractivity contribution < 1.29 is 22.3 Å². The van der Waals surface area contributed by atoms with Gasteiger partial charge in [-0.3, -0.25) is 0 Å². The van der Waals surface area contributed by atoms with Crippen molar-refractivity contribution in [2.75, 3.05) is 24.7 Å². The minimum absolute atomic E-state index is 0.0214. The maximum absolute atomic E-state index is 13.4. The van der Waals surface area contributed by atoms with Gasteiger partial charge in [0.25, 0.3) is 0 Å². The first-order valence-corrected chi connectivity index (χ1v) is 10.4. The van der Waals surface area contributed by atoms with E-state index >= 15 is 0 Å². The summed E-state index contributed by atoms with van der Waals surface area (Å²) in [5.74, 6) is -0.267. The fourth-order valence-corrected chi connectivity index (χ4v) is 4.96. The molecule has 2 atom stereocenters. The Morgan fingerprint density at radius 1 is 1.36 bits per heavy atom. The Bertz CT molecular complexity index is 719. The number of hydrogen-bond acceptors (Lipinski definition) is 4. The highest BCUT2D eigenvalue weighted by molar-refractivity contribution is 7.91. The average molecular weight is 370 g/mol. The van der Waals surface area contributed by atoms with Gasteiger partial charge in [0.1, 0.15) is 5.82 Å². The van der Waals surface area contributed by atoms with Crippen LogP contribution in [0.1, 0.15) is 24.8 Å². The second kappa shape index (κ2) is 7.70. The van der Waals surface area contributed by atoms with Gasteiger partial charge in [-0.05, 0) is 37.0 Å². The number of nitrogens with one attached hydrogen (secondary N) is 1. The lowest BCUT2D eigenvalue weighted by Crippen LogP contribution is -2.47. The normalized spacial score (nSPS) is 25.0. The molecule has 8 heteroatoms. The van der Waals surface area contributed by atoms with Gasteiger partial charge < -0.3 is 15.0 Å². The second-order valence-electron chi connectivity index (χ2n) is 6.69. The van der Waals surface area contributed by atoms with E-state index < -0.39 is 9.84 Å². The molecule has 2 heterocycles. The highest BCUT2D eigenvalue weighted by Gasteiger charge is 2.31. The van der Waals surface area contributed by atoms with Gasteiger partial charge in [-0.2, -0.15) is 0 Å². The van der Waals surface area contributed by atoms with Crippen molar-refractivity contribution in [1.82, 2.24) is 10.2 Å². The smallest absolute Gasteiger partial charge is 0.318 e. The van der Waals surface area contributed by atoms with Gasteiger partial charge in [0, 0.05) is 25.7 Å². The number of halogens is 1. The Balaban J connectivity index is 1.67. The van der Waals surface area contributed by atoms with E-state index in [4.69, 9.17) is 4.74 Å². The molecule has 2 aliphatic heterocycles. The molecule has 0 bridgehead atoms. The molecule has 0 aliphatic carbocycles. The first-order valence-electron chi connectivity index (χ1n) is 8.53. The van der Waals surface area contributed by atoms with E-state index in [9.17, 15) is 17.6 Å². The molecule has 0 spiro atoms. The summed E-state index contributed by atoms with van der Waals surface area (Å²) in [5, 5.41) is 2.80. The molecule has 2 fully saturated rings. The van der Waals surface area contributed by atoms with Crippen LogP contribution in [0, 0.1) is 5.82 Å².